The number of nitrogens with zero attached hydrogens (tertiary/aromatic N) is 2. The summed E-state index contributed by atoms with van der Waals surface area (Å²) in [5.41, 5.74) is 3.20. The molecule has 0 radical (unpaired) electrons. The average molecular weight is 289 g/mol. The Morgan fingerprint density at radius 1 is 1.24 bits per heavy atom. The first-order valence-corrected chi connectivity index (χ1v) is 7.08. The van der Waals surface area contributed by atoms with Gasteiger partial charge in [0.1, 0.15) is 11.5 Å². The van der Waals surface area contributed by atoms with Gasteiger partial charge in [-0.05, 0) is 39.1 Å². The molecule has 0 saturated carbocycles. The summed E-state index contributed by atoms with van der Waals surface area (Å²) in [4.78, 5) is 0. The molecule has 1 N–H and O–H groups in total. The van der Waals surface area contributed by atoms with E-state index in [0.29, 0.717) is 0 Å². The van der Waals surface area contributed by atoms with E-state index in [-0.39, 0.29) is 6.04 Å². The van der Waals surface area contributed by atoms with E-state index in [2.05, 4.69) is 23.4 Å². The van der Waals surface area contributed by atoms with E-state index in [1.165, 1.54) is 0 Å². The maximum Gasteiger partial charge on any atom is 0.127 e. The van der Waals surface area contributed by atoms with E-state index in [0.717, 1.165) is 35.0 Å². The number of hydrogen-bond donors (Lipinski definition) is 1. The van der Waals surface area contributed by atoms with Crippen molar-refractivity contribution in [2.45, 2.75) is 26.4 Å². The Hall–Kier alpha value is -2.01. The number of aryl methyl sites for hydroxylation is 2. The number of hydrogen-bond acceptors (Lipinski definition) is 4. The molecule has 0 spiro atoms. The van der Waals surface area contributed by atoms with Crippen LogP contribution < -0.4 is 14.8 Å². The summed E-state index contributed by atoms with van der Waals surface area (Å²) in [5.74, 6) is 1.58. The smallest absolute Gasteiger partial charge is 0.127 e. The Morgan fingerprint density at radius 2 is 2.00 bits per heavy atom. The van der Waals surface area contributed by atoms with Crippen LogP contribution in [0.1, 0.15) is 29.9 Å². The normalized spacial score (nSPS) is 12.2. The number of methoxy groups -OCH3 is 2. The summed E-state index contributed by atoms with van der Waals surface area (Å²) < 4.78 is 12.8. The molecule has 5 nitrogen and oxygen atoms in total. The number of aromatic nitrogens is 2. The van der Waals surface area contributed by atoms with Crippen LogP contribution >= 0.6 is 0 Å². The molecule has 21 heavy (non-hydrogen) atoms. The molecule has 5 heteroatoms. The van der Waals surface area contributed by atoms with Crippen LogP contribution in [0.3, 0.4) is 0 Å². The topological polar surface area (TPSA) is 48.3 Å². The van der Waals surface area contributed by atoms with Gasteiger partial charge in [0.2, 0.25) is 0 Å². The highest BCUT2D eigenvalue weighted by molar-refractivity contribution is 5.45. The van der Waals surface area contributed by atoms with Crippen LogP contribution in [-0.2, 0) is 6.54 Å². The highest BCUT2D eigenvalue weighted by atomic mass is 16.5. The minimum absolute atomic E-state index is 0.0204. The van der Waals surface area contributed by atoms with Crippen molar-refractivity contribution in [3.63, 3.8) is 0 Å². The van der Waals surface area contributed by atoms with Gasteiger partial charge in [0.25, 0.3) is 0 Å². The predicted molar refractivity (Wildman–Crippen MR) is 83.1 cm³/mol. The summed E-state index contributed by atoms with van der Waals surface area (Å²) in [5, 5.41) is 7.88. The van der Waals surface area contributed by atoms with Gasteiger partial charge in [-0.1, -0.05) is 0 Å². The molecule has 0 amide bonds. The van der Waals surface area contributed by atoms with Gasteiger partial charge in [0.05, 0.1) is 31.6 Å². The minimum Gasteiger partial charge on any atom is -0.497 e. The largest absolute Gasteiger partial charge is 0.497 e. The third-order valence-corrected chi connectivity index (χ3v) is 3.57. The molecule has 0 saturated heterocycles. The second kappa shape index (κ2) is 6.63. The Morgan fingerprint density at radius 3 is 2.57 bits per heavy atom. The molecule has 1 atom stereocenters. The van der Waals surface area contributed by atoms with Gasteiger partial charge in [0, 0.05) is 18.2 Å². The zero-order valence-electron chi connectivity index (χ0n) is 13.3. The quantitative estimate of drug-likeness (QED) is 0.888. The highest BCUT2D eigenvalue weighted by Gasteiger charge is 2.21. The molecule has 0 aliphatic rings. The van der Waals surface area contributed by atoms with Crippen molar-refractivity contribution in [1.82, 2.24) is 15.1 Å². The lowest BCUT2D eigenvalue weighted by atomic mass is 10.0. The van der Waals surface area contributed by atoms with Crippen molar-refractivity contribution in [2.24, 2.45) is 0 Å². The molecular weight excluding hydrogens is 266 g/mol. The third-order valence-electron chi connectivity index (χ3n) is 3.57. The molecule has 0 fully saturated rings. The van der Waals surface area contributed by atoms with Gasteiger partial charge in [-0.3, -0.25) is 4.68 Å². The van der Waals surface area contributed by atoms with E-state index >= 15 is 0 Å². The minimum atomic E-state index is 0.0204. The third kappa shape index (κ3) is 3.03. The zero-order valence-corrected chi connectivity index (χ0v) is 13.3. The first kappa shape index (κ1) is 15.4. The van der Waals surface area contributed by atoms with Crippen molar-refractivity contribution < 1.29 is 9.47 Å². The summed E-state index contributed by atoms with van der Waals surface area (Å²) in [6.07, 6.45) is 0. The number of rotatable bonds is 6. The molecule has 114 valence electrons. The van der Waals surface area contributed by atoms with Gasteiger partial charge in [-0.2, -0.15) is 5.10 Å². The standard InChI is InChI=1S/C16H23N3O2/c1-6-19-14(9-11(2)18-19)16(17-3)13-8-7-12(20-4)10-15(13)21-5/h7-10,16-17H,6H2,1-5H3. The molecule has 1 heterocycles. The van der Waals surface area contributed by atoms with Crippen LogP contribution in [0.4, 0.5) is 0 Å². The number of benzene rings is 1. The Balaban J connectivity index is 2.50. The fourth-order valence-corrected chi connectivity index (χ4v) is 2.57. The highest BCUT2D eigenvalue weighted by Crippen LogP contribution is 2.33. The fourth-order valence-electron chi connectivity index (χ4n) is 2.57. The van der Waals surface area contributed by atoms with Gasteiger partial charge < -0.3 is 14.8 Å². The van der Waals surface area contributed by atoms with Crippen LogP contribution in [0.2, 0.25) is 0 Å². The van der Waals surface area contributed by atoms with Gasteiger partial charge >= 0.3 is 0 Å². The van der Waals surface area contributed by atoms with Crippen molar-refractivity contribution in [2.75, 3.05) is 21.3 Å². The molecule has 1 aromatic heterocycles. The maximum absolute atomic E-state index is 5.52. The van der Waals surface area contributed by atoms with Crippen LogP contribution in [0, 0.1) is 6.92 Å². The summed E-state index contributed by atoms with van der Waals surface area (Å²) in [6.45, 7) is 4.93. The molecule has 1 unspecified atom stereocenters. The maximum atomic E-state index is 5.52. The van der Waals surface area contributed by atoms with E-state index in [4.69, 9.17) is 9.47 Å². The van der Waals surface area contributed by atoms with Gasteiger partial charge in [-0.15, -0.1) is 0 Å². The van der Waals surface area contributed by atoms with Gasteiger partial charge in [-0.25, -0.2) is 0 Å². The molecular formula is C16H23N3O2. The second-order valence-electron chi connectivity index (χ2n) is 4.86. The number of ether oxygens (including phenoxy) is 2. The van der Waals surface area contributed by atoms with Crippen molar-refractivity contribution in [3.8, 4) is 11.5 Å². The lowest BCUT2D eigenvalue weighted by Crippen LogP contribution is -2.22. The van der Waals surface area contributed by atoms with Crippen LogP contribution in [0.5, 0.6) is 11.5 Å². The number of nitrogens with one attached hydrogen (secondary N) is 1. The van der Waals surface area contributed by atoms with E-state index in [1.54, 1.807) is 14.2 Å². The SMILES string of the molecule is CCn1nc(C)cc1C(NC)c1ccc(OC)cc1OC. The fraction of sp³-hybridized carbons (Fsp3) is 0.438. The predicted octanol–water partition coefficient (Wildman–Crippen LogP) is 2.54. The molecule has 0 bridgehead atoms. The Kier molecular flexibility index (Phi) is 4.85. The molecule has 0 aliphatic carbocycles. The Bertz CT molecular complexity index is 608. The van der Waals surface area contributed by atoms with E-state index < -0.39 is 0 Å². The second-order valence-corrected chi connectivity index (χ2v) is 4.86. The summed E-state index contributed by atoms with van der Waals surface area (Å²) >= 11 is 0. The van der Waals surface area contributed by atoms with E-state index in [1.807, 2.05) is 36.9 Å². The zero-order chi connectivity index (χ0) is 15.4. The average Bonchev–Trinajstić information content (AvgIpc) is 2.89. The van der Waals surface area contributed by atoms with Crippen molar-refractivity contribution in [1.29, 1.82) is 0 Å². The first-order chi connectivity index (χ1) is 10.1. The molecule has 2 rings (SSSR count). The van der Waals surface area contributed by atoms with Crippen LogP contribution in [0.25, 0.3) is 0 Å². The Labute approximate surface area is 125 Å². The summed E-state index contributed by atoms with van der Waals surface area (Å²) in [6, 6.07) is 8.00. The molecule has 1 aromatic carbocycles. The van der Waals surface area contributed by atoms with Crippen molar-refractivity contribution in [3.05, 3.63) is 41.2 Å². The van der Waals surface area contributed by atoms with Crippen molar-refractivity contribution >= 4 is 0 Å². The molecule has 2 aromatic rings. The monoisotopic (exact) mass is 289 g/mol. The molecule has 0 aliphatic heterocycles. The van der Waals surface area contributed by atoms with Crippen LogP contribution in [0.15, 0.2) is 24.3 Å². The van der Waals surface area contributed by atoms with Crippen LogP contribution in [-0.4, -0.2) is 31.0 Å². The van der Waals surface area contributed by atoms with Gasteiger partial charge in [0.15, 0.2) is 0 Å². The lowest BCUT2D eigenvalue weighted by Gasteiger charge is -2.20. The van der Waals surface area contributed by atoms with E-state index in [9.17, 15) is 0 Å². The first-order valence-electron chi connectivity index (χ1n) is 7.08. The lowest BCUT2D eigenvalue weighted by molar-refractivity contribution is 0.387. The summed E-state index contributed by atoms with van der Waals surface area (Å²) in [7, 11) is 5.27.